The molecule has 0 aliphatic rings. The molecule has 0 aliphatic heterocycles. The lowest BCUT2D eigenvalue weighted by Gasteiger charge is -2.12. The molecule has 4 rings (SSSR count). The van der Waals surface area contributed by atoms with Crippen molar-refractivity contribution in [3.63, 3.8) is 0 Å². The van der Waals surface area contributed by atoms with Crippen LogP contribution in [0.3, 0.4) is 0 Å². The van der Waals surface area contributed by atoms with Crippen molar-refractivity contribution in [3.05, 3.63) is 71.1 Å². The number of nitrogens with zero attached hydrogens (tertiary/aromatic N) is 3. The Morgan fingerprint density at radius 2 is 1.77 bits per heavy atom. The predicted octanol–water partition coefficient (Wildman–Crippen LogP) is 3.71. The van der Waals surface area contributed by atoms with Gasteiger partial charge in [0.1, 0.15) is 6.04 Å². The Morgan fingerprint density at radius 3 is 2.54 bits per heavy atom. The molecule has 0 amide bonds. The van der Waals surface area contributed by atoms with Crippen LogP contribution in [0.15, 0.2) is 63.9 Å². The summed E-state index contributed by atoms with van der Waals surface area (Å²) in [6.07, 6.45) is 1.74. The molecule has 2 heterocycles. The second-order valence-electron chi connectivity index (χ2n) is 6.40. The van der Waals surface area contributed by atoms with Crippen LogP contribution in [0.5, 0.6) is 0 Å². The Morgan fingerprint density at radius 1 is 1.04 bits per heavy atom. The van der Waals surface area contributed by atoms with Gasteiger partial charge in [-0.25, -0.2) is 9.78 Å². The van der Waals surface area contributed by atoms with Crippen molar-refractivity contribution < 1.29 is 4.42 Å². The second kappa shape index (κ2) is 6.22. The van der Waals surface area contributed by atoms with Gasteiger partial charge in [0.15, 0.2) is 5.76 Å². The van der Waals surface area contributed by atoms with Crippen LogP contribution < -0.4 is 11.0 Å². The van der Waals surface area contributed by atoms with E-state index < -0.39 is 0 Å². The smallest absolute Gasteiger partial charge is 0.328 e. The summed E-state index contributed by atoms with van der Waals surface area (Å²) in [5, 5.41) is 3.39. The Hall–Kier alpha value is -3.28. The third kappa shape index (κ3) is 2.69. The van der Waals surface area contributed by atoms with E-state index in [0.29, 0.717) is 5.89 Å². The first-order valence-corrected chi connectivity index (χ1v) is 8.48. The van der Waals surface area contributed by atoms with Crippen molar-refractivity contribution in [2.24, 2.45) is 14.1 Å². The molecule has 6 nitrogen and oxygen atoms in total. The van der Waals surface area contributed by atoms with E-state index in [9.17, 15) is 4.79 Å². The highest BCUT2D eigenvalue weighted by atomic mass is 16.4. The van der Waals surface area contributed by atoms with Crippen LogP contribution in [0.2, 0.25) is 0 Å². The van der Waals surface area contributed by atoms with Crippen LogP contribution in [-0.4, -0.2) is 14.1 Å². The number of benzene rings is 2. The minimum atomic E-state index is -0.106. The fourth-order valence-corrected chi connectivity index (χ4v) is 3.13. The molecule has 2 aromatic carbocycles. The molecular formula is C20H20N4O2. The van der Waals surface area contributed by atoms with Crippen LogP contribution in [0, 0.1) is 0 Å². The molecule has 0 bridgehead atoms. The van der Waals surface area contributed by atoms with Gasteiger partial charge in [0, 0.05) is 25.3 Å². The van der Waals surface area contributed by atoms with Crippen LogP contribution in [0.1, 0.15) is 18.9 Å². The molecule has 0 radical (unpaired) electrons. The minimum Gasteiger partial charge on any atom is -0.438 e. The topological polar surface area (TPSA) is 65.0 Å². The highest BCUT2D eigenvalue weighted by Gasteiger charge is 2.14. The van der Waals surface area contributed by atoms with E-state index in [4.69, 9.17) is 4.42 Å². The maximum Gasteiger partial charge on any atom is 0.328 e. The first-order valence-electron chi connectivity index (χ1n) is 8.48. The van der Waals surface area contributed by atoms with Crippen LogP contribution >= 0.6 is 0 Å². The largest absolute Gasteiger partial charge is 0.438 e. The van der Waals surface area contributed by atoms with E-state index in [1.165, 1.54) is 0 Å². The van der Waals surface area contributed by atoms with Gasteiger partial charge in [-0.15, -0.1) is 0 Å². The third-order valence-corrected chi connectivity index (χ3v) is 4.61. The van der Waals surface area contributed by atoms with Crippen molar-refractivity contribution >= 4 is 16.7 Å². The van der Waals surface area contributed by atoms with Crippen molar-refractivity contribution in [2.45, 2.75) is 13.0 Å². The molecule has 0 aliphatic carbocycles. The van der Waals surface area contributed by atoms with Crippen molar-refractivity contribution in [1.82, 2.24) is 14.1 Å². The maximum absolute atomic E-state index is 12.1. The summed E-state index contributed by atoms with van der Waals surface area (Å²) in [6.45, 7) is 1.99. The van der Waals surface area contributed by atoms with Crippen molar-refractivity contribution in [2.75, 3.05) is 5.32 Å². The average molecular weight is 348 g/mol. The SMILES string of the molecule is C[C@@H](Nc1ccc2c(c1)n(C)c(=O)n2C)c1ncc(-c2ccccc2)o1. The highest BCUT2D eigenvalue weighted by Crippen LogP contribution is 2.26. The number of imidazole rings is 1. The molecule has 1 atom stereocenters. The van der Waals surface area contributed by atoms with E-state index in [2.05, 4.69) is 10.3 Å². The van der Waals surface area contributed by atoms with Gasteiger partial charge in [-0.2, -0.15) is 0 Å². The number of anilines is 1. The summed E-state index contributed by atoms with van der Waals surface area (Å²) in [5.74, 6) is 1.36. The zero-order chi connectivity index (χ0) is 18.3. The van der Waals surface area contributed by atoms with Gasteiger partial charge in [-0.1, -0.05) is 30.3 Å². The van der Waals surface area contributed by atoms with Gasteiger partial charge in [-0.05, 0) is 25.1 Å². The number of aryl methyl sites for hydroxylation is 2. The molecular weight excluding hydrogens is 328 g/mol. The Balaban J connectivity index is 1.59. The quantitative estimate of drug-likeness (QED) is 0.611. The fourth-order valence-electron chi connectivity index (χ4n) is 3.13. The minimum absolute atomic E-state index is 0.0367. The van der Waals surface area contributed by atoms with E-state index in [1.807, 2.05) is 55.5 Å². The number of rotatable bonds is 4. The van der Waals surface area contributed by atoms with E-state index in [1.54, 1.807) is 29.4 Å². The third-order valence-electron chi connectivity index (χ3n) is 4.61. The first-order chi connectivity index (χ1) is 12.5. The molecule has 0 fully saturated rings. The molecule has 6 heteroatoms. The van der Waals surface area contributed by atoms with Crippen LogP contribution in [-0.2, 0) is 14.1 Å². The van der Waals surface area contributed by atoms with Gasteiger partial charge in [0.05, 0.1) is 17.2 Å². The summed E-state index contributed by atoms with van der Waals surface area (Å²) in [4.78, 5) is 16.5. The second-order valence-corrected chi connectivity index (χ2v) is 6.40. The van der Waals surface area contributed by atoms with Crippen molar-refractivity contribution in [3.8, 4) is 11.3 Å². The number of nitrogens with one attached hydrogen (secondary N) is 1. The number of hydrogen-bond donors (Lipinski definition) is 1. The molecule has 26 heavy (non-hydrogen) atoms. The number of hydrogen-bond acceptors (Lipinski definition) is 4. The molecule has 0 saturated heterocycles. The maximum atomic E-state index is 12.1. The normalized spacial score (nSPS) is 12.4. The van der Waals surface area contributed by atoms with E-state index >= 15 is 0 Å². The van der Waals surface area contributed by atoms with E-state index in [-0.39, 0.29) is 11.7 Å². The molecule has 1 N–H and O–H groups in total. The zero-order valence-corrected chi connectivity index (χ0v) is 14.9. The summed E-state index contributed by atoms with van der Waals surface area (Å²) in [7, 11) is 3.55. The highest BCUT2D eigenvalue weighted by molar-refractivity contribution is 5.80. The first kappa shape index (κ1) is 16.2. The van der Waals surface area contributed by atoms with Gasteiger partial charge in [0.2, 0.25) is 5.89 Å². The zero-order valence-electron chi connectivity index (χ0n) is 14.9. The van der Waals surface area contributed by atoms with Gasteiger partial charge < -0.3 is 9.73 Å². The van der Waals surface area contributed by atoms with Crippen LogP contribution in [0.4, 0.5) is 5.69 Å². The fraction of sp³-hybridized carbons (Fsp3) is 0.200. The summed E-state index contributed by atoms with van der Waals surface area (Å²) in [6, 6.07) is 15.7. The number of oxazole rings is 1. The van der Waals surface area contributed by atoms with Gasteiger partial charge in [-0.3, -0.25) is 9.13 Å². The summed E-state index contributed by atoms with van der Waals surface area (Å²) in [5.41, 5.74) is 3.65. The molecule has 0 spiro atoms. The summed E-state index contributed by atoms with van der Waals surface area (Å²) < 4.78 is 9.19. The lowest BCUT2D eigenvalue weighted by atomic mass is 10.2. The lowest BCUT2D eigenvalue weighted by molar-refractivity contribution is 0.485. The Kier molecular flexibility index (Phi) is 3.88. The predicted molar refractivity (Wildman–Crippen MR) is 102 cm³/mol. The monoisotopic (exact) mass is 348 g/mol. The Bertz CT molecular complexity index is 1120. The van der Waals surface area contributed by atoms with Crippen molar-refractivity contribution in [1.29, 1.82) is 0 Å². The molecule has 0 unspecified atom stereocenters. The standard InChI is InChI=1S/C20H20N4O2/c1-13(19-21-12-18(26-19)14-7-5-4-6-8-14)22-15-9-10-16-17(11-15)24(3)20(25)23(16)2/h4-13,22H,1-3H3/t13-/m1/s1. The Labute approximate surface area is 150 Å². The number of fused-ring (bicyclic) bond motifs is 1. The van der Waals surface area contributed by atoms with E-state index in [0.717, 1.165) is 28.0 Å². The molecule has 132 valence electrons. The summed E-state index contributed by atoms with van der Waals surface area (Å²) >= 11 is 0. The molecule has 2 aromatic heterocycles. The average Bonchev–Trinajstić information content (AvgIpc) is 3.24. The van der Waals surface area contributed by atoms with Gasteiger partial charge >= 0.3 is 5.69 Å². The number of aromatic nitrogens is 3. The van der Waals surface area contributed by atoms with Crippen LogP contribution in [0.25, 0.3) is 22.4 Å². The van der Waals surface area contributed by atoms with Gasteiger partial charge in [0.25, 0.3) is 0 Å². The molecule has 4 aromatic rings. The lowest BCUT2D eigenvalue weighted by Crippen LogP contribution is -2.19. The molecule has 0 saturated carbocycles.